The van der Waals surface area contributed by atoms with Crippen LogP contribution in [-0.4, -0.2) is 25.1 Å². The molecule has 8 heteroatoms. The Morgan fingerprint density at radius 3 is 2.56 bits per heavy atom. The largest absolute Gasteiger partial charge is 0.277 e. The van der Waals surface area contributed by atoms with Gasteiger partial charge in [0.2, 0.25) is 11.7 Å². The Bertz CT molecular complexity index is 1510. The third kappa shape index (κ3) is 3.40. The zero-order valence-corrected chi connectivity index (χ0v) is 17.5. The number of carbonyl (C=O) groups is 1. The van der Waals surface area contributed by atoms with Crippen molar-refractivity contribution in [1.82, 2.24) is 24.6 Å². The van der Waals surface area contributed by atoms with Crippen LogP contribution in [0, 0.1) is 0 Å². The molecular formula is C24H21N5O3. The molecule has 160 valence electrons. The minimum Gasteiger partial charge on any atom is -0.277 e. The van der Waals surface area contributed by atoms with Gasteiger partial charge in [0, 0.05) is 6.54 Å². The van der Waals surface area contributed by atoms with Crippen molar-refractivity contribution in [3.05, 3.63) is 88.5 Å². The predicted octanol–water partition coefficient (Wildman–Crippen LogP) is 3.01. The van der Waals surface area contributed by atoms with Crippen LogP contribution in [0.4, 0.5) is 0 Å². The third-order valence-corrected chi connectivity index (χ3v) is 5.51. The van der Waals surface area contributed by atoms with Crippen molar-refractivity contribution in [2.75, 3.05) is 0 Å². The number of rotatable bonds is 6. The Hall–Kier alpha value is -4.04. The van der Waals surface area contributed by atoms with Crippen LogP contribution < -0.4 is 11.0 Å². The second-order valence-corrected chi connectivity index (χ2v) is 7.45. The number of nitrogens with zero attached hydrogens (tertiary/aromatic N) is 4. The van der Waals surface area contributed by atoms with Crippen molar-refractivity contribution >= 4 is 33.4 Å². The second-order valence-electron chi connectivity index (χ2n) is 7.45. The highest BCUT2D eigenvalue weighted by Gasteiger charge is 2.16. The summed E-state index contributed by atoms with van der Waals surface area (Å²) in [7, 11) is 0. The van der Waals surface area contributed by atoms with E-state index >= 15 is 0 Å². The third-order valence-electron chi connectivity index (χ3n) is 5.51. The van der Waals surface area contributed by atoms with Gasteiger partial charge in [-0.1, -0.05) is 54.6 Å². The minimum absolute atomic E-state index is 0.00829. The van der Waals surface area contributed by atoms with Gasteiger partial charge in [0.15, 0.2) is 5.82 Å². The second kappa shape index (κ2) is 8.24. The molecule has 1 N–H and O–H groups in total. The smallest absolute Gasteiger partial charge is 0.262 e. The number of hydroxylamine groups is 1. The first-order chi connectivity index (χ1) is 15.7. The monoisotopic (exact) mass is 427 g/mol. The highest BCUT2D eigenvalue weighted by molar-refractivity contribution is 5.90. The topological polar surface area (TPSA) is 90.5 Å². The summed E-state index contributed by atoms with van der Waals surface area (Å²) in [4.78, 5) is 30.7. The van der Waals surface area contributed by atoms with Crippen LogP contribution in [0.3, 0.4) is 0 Å². The summed E-state index contributed by atoms with van der Waals surface area (Å²) >= 11 is 0. The standard InChI is InChI=1S/C24H21N5O3/c1-2-28-23(31)19-12-5-6-13-20(19)29-21(25-26-24(28)29)15-32-27-22(30)14-17-10-7-9-16-8-3-4-11-18(16)17/h3-13H,2,14-15H2,1H3,(H,27,30). The van der Waals surface area contributed by atoms with Crippen LogP contribution in [0.25, 0.3) is 27.5 Å². The van der Waals surface area contributed by atoms with E-state index in [-0.39, 0.29) is 24.5 Å². The Balaban J connectivity index is 1.36. The van der Waals surface area contributed by atoms with Gasteiger partial charge in [-0.15, -0.1) is 10.2 Å². The number of para-hydroxylation sites is 1. The van der Waals surface area contributed by atoms with E-state index in [1.807, 2.05) is 67.6 Å². The van der Waals surface area contributed by atoms with E-state index in [1.54, 1.807) is 15.0 Å². The van der Waals surface area contributed by atoms with E-state index in [2.05, 4.69) is 15.7 Å². The zero-order valence-electron chi connectivity index (χ0n) is 17.5. The van der Waals surface area contributed by atoms with E-state index in [1.165, 1.54) is 0 Å². The van der Waals surface area contributed by atoms with Gasteiger partial charge in [-0.25, -0.2) is 5.48 Å². The highest BCUT2D eigenvalue weighted by Crippen LogP contribution is 2.19. The molecule has 0 atom stereocenters. The van der Waals surface area contributed by atoms with Gasteiger partial charge in [0.1, 0.15) is 6.61 Å². The zero-order chi connectivity index (χ0) is 22.1. The summed E-state index contributed by atoms with van der Waals surface area (Å²) in [6, 6.07) is 21.1. The lowest BCUT2D eigenvalue weighted by Gasteiger charge is -2.10. The van der Waals surface area contributed by atoms with E-state index in [4.69, 9.17) is 4.84 Å². The normalized spacial score (nSPS) is 11.4. The minimum atomic E-state index is -0.259. The average Bonchev–Trinajstić information content (AvgIpc) is 3.23. The van der Waals surface area contributed by atoms with Gasteiger partial charge in [-0.2, -0.15) is 0 Å². The number of carbonyl (C=O) groups excluding carboxylic acids is 1. The lowest BCUT2D eigenvalue weighted by Crippen LogP contribution is -2.26. The molecular weight excluding hydrogens is 406 g/mol. The van der Waals surface area contributed by atoms with E-state index in [0.717, 1.165) is 16.3 Å². The lowest BCUT2D eigenvalue weighted by molar-refractivity contribution is -0.134. The number of amides is 1. The fourth-order valence-electron chi connectivity index (χ4n) is 4.03. The fourth-order valence-corrected chi connectivity index (χ4v) is 4.03. The number of hydrogen-bond acceptors (Lipinski definition) is 5. The molecule has 8 nitrogen and oxygen atoms in total. The van der Waals surface area contributed by atoms with Gasteiger partial charge in [0.25, 0.3) is 5.56 Å². The number of nitrogens with one attached hydrogen (secondary N) is 1. The Kier molecular flexibility index (Phi) is 5.12. The van der Waals surface area contributed by atoms with Crippen molar-refractivity contribution < 1.29 is 9.63 Å². The molecule has 0 aliphatic heterocycles. The van der Waals surface area contributed by atoms with Gasteiger partial charge in [-0.3, -0.25) is 23.4 Å². The van der Waals surface area contributed by atoms with Crippen LogP contribution >= 0.6 is 0 Å². The number of aryl methyl sites for hydroxylation is 1. The molecule has 3 aromatic carbocycles. The van der Waals surface area contributed by atoms with Gasteiger partial charge in [-0.05, 0) is 35.4 Å². The maximum absolute atomic E-state index is 12.7. The quantitative estimate of drug-likeness (QED) is 0.421. The van der Waals surface area contributed by atoms with Crippen molar-refractivity contribution in [3.63, 3.8) is 0 Å². The maximum Gasteiger partial charge on any atom is 0.262 e. The van der Waals surface area contributed by atoms with Crippen molar-refractivity contribution in [2.45, 2.75) is 26.5 Å². The molecule has 0 aliphatic rings. The van der Waals surface area contributed by atoms with Crippen LogP contribution in [0.2, 0.25) is 0 Å². The summed E-state index contributed by atoms with van der Waals surface area (Å²) in [5, 5.41) is 11.1. The molecule has 0 spiro atoms. The molecule has 32 heavy (non-hydrogen) atoms. The van der Waals surface area contributed by atoms with Gasteiger partial charge >= 0.3 is 0 Å². The number of aromatic nitrogens is 4. The van der Waals surface area contributed by atoms with E-state index in [0.29, 0.717) is 29.0 Å². The molecule has 5 rings (SSSR count). The Morgan fingerprint density at radius 1 is 0.969 bits per heavy atom. The first kappa shape index (κ1) is 19.9. The van der Waals surface area contributed by atoms with E-state index < -0.39 is 0 Å². The summed E-state index contributed by atoms with van der Waals surface area (Å²) in [6.45, 7) is 2.36. The maximum atomic E-state index is 12.7. The van der Waals surface area contributed by atoms with Crippen LogP contribution in [0.1, 0.15) is 18.3 Å². The number of hydrogen-bond donors (Lipinski definition) is 1. The molecule has 2 heterocycles. The van der Waals surface area contributed by atoms with Crippen molar-refractivity contribution in [1.29, 1.82) is 0 Å². The number of benzene rings is 3. The molecule has 1 amide bonds. The molecule has 0 aliphatic carbocycles. The van der Waals surface area contributed by atoms with Gasteiger partial charge < -0.3 is 0 Å². The molecule has 0 fully saturated rings. The Morgan fingerprint density at radius 2 is 1.72 bits per heavy atom. The van der Waals surface area contributed by atoms with Crippen molar-refractivity contribution in [2.24, 2.45) is 0 Å². The fraction of sp³-hybridized carbons (Fsp3) is 0.167. The molecule has 0 saturated carbocycles. The predicted molar refractivity (Wildman–Crippen MR) is 121 cm³/mol. The molecule has 0 saturated heterocycles. The first-order valence-corrected chi connectivity index (χ1v) is 10.4. The summed E-state index contributed by atoms with van der Waals surface area (Å²) < 4.78 is 3.36. The summed E-state index contributed by atoms with van der Waals surface area (Å²) in [5.74, 6) is 0.672. The van der Waals surface area contributed by atoms with Crippen LogP contribution in [-0.2, 0) is 29.2 Å². The molecule has 0 bridgehead atoms. The van der Waals surface area contributed by atoms with E-state index in [9.17, 15) is 9.59 Å². The number of fused-ring (bicyclic) bond motifs is 4. The molecule has 5 aromatic rings. The lowest BCUT2D eigenvalue weighted by atomic mass is 10.0. The SMILES string of the molecule is CCn1c(=O)c2ccccc2n2c(CONC(=O)Cc3cccc4ccccc34)nnc12. The van der Waals surface area contributed by atoms with Crippen LogP contribution in [0.5, 0.6) is 0 Å². The molecule has 0 radical (unpaired) electrons. The van der Waals surface area contributed by atoms with Crippen molar-refractivity contribution in [3.8, 4) is 0 Å². The molecule has 0 unspecified atom stereocenters. The van der Waals surface area contributed by atoms with Gasteiger partial charge in [0.05, 0.1) is 17.3 Å². The highest BCUT2D eigenvalue weighted by atomic mass is 16.7. The average molecular weight is 427 g/mol. The first-order valence-electron chi connectivity index (χ1n) is 10.4. The molecule has 2 aromatic heterocycles. The summed E-state index contributed by atoms with van der Waals surface area (Å²) in [6.07, 6.45) is 0.195. The van der Waals surface area contributed by atoms with Crippen LogP contribution in [0.15, 0.2) is 71.5 Å². The Labute approximate surface area is 183 Å². The summed E-state index contributed by atoms with van der Waals surface area (Å²) in [5.41, 5.74) is 4.01.